The van der Waals surface area contributed by atoms with Crippen molar-refractivity contribution >= 4 is 5.97 Å². The molecule has 1 fully saturated rings. The molecule has 0 aromatic heterocycles. The lowest BCUT2D eigenvalue weighted by Crippen LogP contribution is -2.47. The molecule has 0 saturated heterocycles. The summed E-state index contributed by atoms with van der Waals surface area (Å²) < 4.78 is 0. The summed E-state index contributed by atoms with van der Waals surface area (Å²) >= 11 is 0. The fourth-order valence-corrected chi connectivity index (χ4v) is 2.76. The molecule has 4 heteroatoms. The molecule has 0 aromatic carbocycles. The standard InChI is InChI=1S/C11H17NO3/c1-7-9(10(13)14)8(2)12-15-11(7)5-3-4-6-11/h7,12H,3-6H2,1-2H3,(H,13,14). The van der Waals surface area contributed by atoms with Gasteiger partial charge in [-0.05, 0) is 19.8 Å². The lowest BCUT2D eigenvalue weighted by atomic mass is 9.80. The Balaban J connectivity index is 2.33. The highest BCUT2D eigenvalue weighted by Gasteiger charge is 2.47. The average Bonchev–Trinajstić information content (AvgIpc) is 2.62. The van der Waals surface area contributed by atoms with Gasteiger partial charge < -0.3 is 5.11 Å². The van der Waals surface area contributed by atoms with Crippen LogP contribution in [0.15, 0.2) is 11.3 Å². The summed E-state index contributed by atoms with van der Waals surface area (Å²) in [4.78, 5) is 16.8. The molecule has 1 heterocycles. The van der Waals surface area contributed by atoms with Gasteiger partial charge in [0.05, 0.1) is 5.57 Å². The number of aliphatic carboxylic acids is 1. The van der Waals surface area contributed by atoms with E-state index >= 15 is 0 Å². The first-order valence-electron chi connectivity index (χ1n) is 5.45. The summed E-state index contributed by atoms with van der Waals surface area (Å²) in [7, 11) is 0. The molecular weight excluding hydrogens is 194 g/mol. The maximum Gasteiger partial charge on any atom is 0.333 e. The number of hydrogen-bond acceptors (Lipinski definition) is 3. The molecule has 4 nitrogen and oxygen atoms in total. The van der Waals surface area contributed by atoms with Crippen LogP contribution in [0.5, 0.6) is 0 Å². The Kier molecular flexibility index (Phi) is 2.46. The summed E-state index contributed by atoms with van der Waals surface area (Å²) in [5, 5.41) is 9.17. The fourth-order valence-electron chi connectivity index (χ4n) is 2.76. The summed E-state index contributed by atoms with van der Waals surface area (Å²) in [5.74, 6) is -0.860. The van der Waals surface area contributed by atoms with E-state index in [0.29, 0.717) is 11.3 Å². The van der Waals surface area contributed by atoms with Gasteiger partial charge in [0.1, 0.15) is 5.60 Å². The normalized spacial score (nSPS) is 29.3. The minimum absolute atomic E-state index is 0.0289. The van der Waals surface area contributed by atoms with Crippen LogP contribution in [-0.4, -0.2) is 16.7 Å². The van der Waals surface area contributed by atoms with E-state index in [1.165, 1.54) is 0 Å². The Hall–Kier alpha value is -1.03. The van der Waals surface area contributed by atoms with Crippen LogP contribution in [0, 0.1) is 5.92 Å². The van der Waals surface area contributed by atoms with Crippen LogP contribution in [0.25, 0.3) is 0 Å². The largest absolute Gasteiger partial charge is 0.478 e. The van der Waals surface area contributed by atoms with Crippen LogP contribution in [-0.2, 0) is 9.63 Å². The zero-order chi connectivity index (χ0) is 11.1. The number of carboxylic acids is 1. The Morgan fingerprint density at radius 1 is 1.53 bits per heavy atom. The Morgan fingerprint density at radius 2 is 2.13 bits per heavy atom. The van der Waals surface area contributed by atoms with Crippen molar-refractivity contribution in [2.45, 2.75) is 45.1 Å². The lowest BCUT2D eigenvalue weighted by molar-refractivity contribution is -0.146. The molecule has 1 aliphatic carbocycles. The van der Waals surface area contributed by atoms with Gasteiger partial charge in [-0.2, -0.15) is 0 Å². The van der Waals surface area contributed by atoms with E-state index in [2.05, 4.69) is 5.48 Å². The molecule has 1 atom stereocenters. The van der Waals surface area contributed by atoms with Crippen LogP contribution in [0.1, 0.15) is 39.5 Å². The predicted molar refractivity (Wildman–Crippen MR) is 54.9 cm³/mol. The van der Waals surface area contributed by atoms with Crippen molar-refractivity contribution in [3.8, 4) is 0 Å². The van der Waals surface area contributed by atoms with E-state index in [1.54, 1.807) is 6.92 Å². The number of hydrogen-bond donors (Lipinski definition) is 2. The van der Waals surface area contributed by atoms with Gasteiger partial charge in [-0.1, -0.05) is 19.8 Å². The second kappa shape index (κ2) is 3.52. The minimum atomic E-state index is -0.831. The number of rotatable bonds is 1. The Bertz CT molecular complexity index is 316. The quantitative estimate of drug-likeness (QED) is 0.694. The third-order valence-corrected chi connectivity index (χ3v) is 3.71. The molecular formula is C11H17NO3. The third-order valence-electron chi connectivity index (χ3n) is 3.71. The van der Waals surface area contributed by atoms with E-state index in [9.17, 15) is 4.79 Å². The van der Waals surface area contributed by atoms with Crippen LogP contribution in [0.3, 0.4) is 0 Å². The van der Waals surface area contributed by atoms with Crippen molar-refractivity contribution in [2.75, 3.05) is 0 Å². The third kappa shape index (κ3) is 1.53. The van der Waals surface area contributed by atoms with Crippen LogP contribution < -0.4 is 5.48 Å². The van der Waals surface area contributed by atoms with E-state index < -0.39 is 5.97 Å². The van der Waals surface area contributed by atoms with E-state index in [-0.39, 0.29) is 11.5 Å². The van der Waals surface area contributed by atoms with Crippen LogP contribution in [0.4, 0.5) is 0 Å². The van der Waals surface area contributed by atoms with Gasteiger partial charge >= 0.3 is 5.97 Å². The molecule has 1 spiro atoms. The molecule has 0 amide bonds. The Labute approximate surface area is 89.3 Å². The zero-order valence-electron chi connectivity index (χ0n) is 9.17. The first kappa shape index (κ1) is 10.5. The molecule has 84 valence electrons. The van der Waals surface area contributed by atoms with Gasteiger partial charge in [-0.15, -0.1) is 0 Å². The molecule has 1 saturated carbocycles. The molecule has 1 unspecified atom stereocenters. The monoisotopic (exact) mass is 211 g/mol. The van der Waals surface area contributed by atoms with Crippen molar-refractivity contribution in [1.82, 2.24) is 5.48 Å². The van der Waals surface area contributed by atoms with Gasteiger partial charge in [0.15, 0.2) is 0 Å². The predicted octanol–water partition coefficient (Wildman–Crippen LogP) is 1.83. The van der Waals surface area contributed by atoms with Gasteiger partial charge in [0, 0.05) is 11.6 Å². The number of hydroxylamine groups is 1. The molecule has 0 aromatic rings. The van der Waals surface area contributed by atoms with Crippen molar-refractivity contribution in [2.24, 2.45) is 5.92 Å². The second-order valence-electron chi connectivity index (χ2n) is 4.54. The van der Waals surface area contributed by atoms with Crippen molar-refractivity contribution in [3.63, 3.8) is 0 Å². The maximum absolute atomic E-state index is 11.2. The number of nitrogens with one attached hydrogen (secondary N) is 1. The molecule has 1 aliphatic heterocycles. The molecule has 0 bridgehead atoms. The fraction of sp³-hybridized carbons (Fsp3) is 0.727. The van der Waals surface area contributed by atoms with E-state index in [0.717, 1.165) is 25.7 Å². The smallest absolute Gasteiger partial charge is 0.333 e. The minimum Gasteiger partial charge on any atom is -0.478 e. The summed E-state index contributed by atoms with van der Waals surface area (Å²) in [6, 6.07) is 0. The van der Waals surface area contributed by atoms with Gasteiger partial charge in [0.25, 0.3) is 0 Å². The Morgan fingerprint density at radius 3 is 2.67 bits per heavy atom. The number of carbonyl (C=O) groups is 1. The van der Waals surface area contributed by atoms with Crippen molar-refractivity contribution in [1.29, 1.82) is 0 Å². The average molecular weight is 211 g/mol. The summed E-state index contributed by atoms with van der Waals surface area (Å²) in [6.45, 7) is 3.71. The lowest BCUT2D eigenvalue weighted by Gasteiger charge is -2.40. The number of allylic oxidation sites excluding steroid dienone is 1. The van der Waals surface area contributed by atoms with Crippen LogP contribution >= 0.6 is 0 Å². The van der Waals surface area contributed by atoms with E-state index in [4.69, 9.17) is 9.94 Å². The first-order valence-corrected chi connectivity index (χ1v) is 5.45. The molecule has 15 heavy (non-hydrogen) atoms. The summed E-state index contributed by atoms with van der Waals surface area (Å²) in [5.41, 5.74) is 3.60. The molecule has 2 N–H and O–H groups in total. The number of carboxylic acid groups (broad SMARTS) is 1. The SMILES string of the molecule is CC1=C(C(=O)O)C(C)C2(CCCC2)ON1. The van der Waals surface area contributed by atoms with Crippen LogP contribution in [0.2, 0.25) is 0 Å². The van der Waals surface area contributed by atoms with Crippen molar-refractivity contribution in [3.05, 3.63) is 11.3 Å². The highest BCUT2D eigenvalue weighted by molar-refractivity contribution is 5.88. The topological polar surface area (TPSA) is 58.6 Å². The first-order chi connectivity index (χ1) is 7.07. The molecule has 2 rings (SSSR count). The highest BCUT2D eigenvalue weighted by Crippen LogP contribution is 2.44. The molecule has 2 aliphatic rings. The summed E-state index contributed by atoms with van der Waals surface area (Å²) in [6.07, 6.45) is 4.15. The van der Waals surface area contributed by atoms with Gasteiger partial charge in [-0.25, -0.2) is 4.79 Å². The van der Waals surface area contributed by atoms with Crippen molar-refractivity contribution < 1.29 is 14.7 Å². The van der Waals surface area contributed by atoms with E-state index in [1.807, 2.05) is 6.92 Å². The highest BCUT2D eigenvalue weighted by atomic mass is 16.7. The molecule has 0 radical (unpaired) electrons. The van der Waals surface area contributed by atoms with Gasteiger partial charge in [-0.3, -0.25) is 10.3 Å². The zero-order valence-corrected chi connectivity index (χ0v) is 9.17. The van der Waals surface area contributed by atoms with Gasteiger partial charge in [0.2, 0.25) is 0 Å². The maximum atomic E-state index is 11.2. The second-order valence-corrected chi connectivity index (χ2v) is 4.54.